The van der Waals surface area contributed by atoms with Crippen molar-refractivity contribution in [3.8, 4) is 5.88 Å². The predicted octanol–water partition coefficient (Wildman–Crippen LogP) is 2.49. The van der Waals surface area contributed by atoms with Crippen LogP contribution in [0.5, 0.6) is 5.88 Å². The van der Waals surface area contributed by atoms with E-state index in [2.05, 4.69) is 4.98 Å². The van der Waals surface area contributed by atoms with Crippen molar-refractivity contribution >= 4 is 5.91 Å². The van der Waals surface area contributed by atoms with E-state index in [1.54, 1.807) is 4.90 Å². The van der Waals surface area contributed by atoms with Gasteiger partial charge in [-0.25, -0.2) is 4.98 Å². The van der Waals surface area contributed by atoms with E-state index in [4.69, 9.17) is 4.74 Å². The smallest absolute Gasteiger partial charge is 0.417 e. The van der Waals surface area contributed by atoms with E-state index in [9.17, 15) is 23.1 Å². The second-order valence-corrected chi connectivity index (χ2v) is 6.27. The number of hydrogen-bond acceptors (Lipinski definition) is 4. The Morgan fingerprint density at radius 2 is 2.17 bits per heavy atom. The first kappa shape index (κ1) is 18.5. The molecule has 5 nitrogen and oxygen atoms in total. The molecule has 1 fully saturated rings. The maximum atomic E-state index is 12.5. The van der Waals surface area contributed by atoms with Gasteiger partial charge in [0.05, 0.1) is 24.6 Å². The van der Waals surface area contributed by atoms with Crippen LogP contribution in [0.4, 0.5) is 13.2 Å². The number of alkyl halides is 3. The lowest BCUT2D eigenvalue weighted by Gasteiger charge is -2.20. The monoisotopic (exact) mass is 346 g/mol. The van der Waals surface area contributed by atoms with E-state index in [0.717, 1.165) is 12.3 Å². The minimum Gasteiger partial charge on any atom is -0.472 e. The first-order chi connectivity index (χ1) is 11.2. The first-order valence-electron chi connectivity index (χ1n) is 7.82. The van der Waals surface area contributed by atoms with E-state index in [0.29, 0.717) is 19.5 Å². The molecular formula is C16H21F3N2O3. The van der Waals surface area contributed by atoms with E-state index in [1.165, 1.54) is 6.07 Å². The highest BCUT2D eigenvalue weighted by Gasteiger charge is 2.32. The van der Waals surface area contributed by atoms with Crippen molar-refractivity contribution in [2.75, 3.05) is 13.1 Å². The molecule has 1 aromatic rings. The van der Waals surface area contributed by atoms with Gasteiger partial charge in [0.25, 0.3) is 0 Å². The highest BCUT2D eigenvalue weighted by Crippen LogP contribution is 2.29. The zero-order valence-electron chi connectivity index (χ0n) is 13.6. The number of likely N-dealkylation sites (tertiary alicyclic amines) is 1. The average molecular weight is 346 g/mol. The van der Waals surface area contributed by atoms with Crippen LogP contribution in [0.3, 0.4) is 0 Å². The third-order valence-corrected chi connectivity index (χ3v) is 4.00. The fourth-order valence-electron chi connectivity index (χ4n) is 2.38. The molecule has 1 saturated heterocycles. The summed E-state index contributed by atoms with van der Waals surface area (Å²) in [5.74, 6) is -0.0489. The molecule has 0 saturated carbocycles. The Morgan fingerprint density at radius 1 is 1.46 bits per heavy atom. The number of hydrogen-bond donors (Lipinski definition) is 1. The molecule has 1 aliphatic heterocycles. The highest BCUT2D eigenvalue weighted by molar-refractivity contribution is 5.77. The number of aromatic nitrogens is 1. The molecule has 0 aromatic carbocycles. The molecule has 0 radical (unpaired) electrons. The number of aliphatic hydroxyl groups is 1. The van der Waals surface area contributed by atoms with Gasteiger partial charge in [-0.05, 0) is 12.0 Å². The summed E-state index contributed by atoms with van der Waals surface area (Å²) < 4.78 is 43.0. The lowest BCUT2D eigenvalue weighted by molar-refractivity contribution is -0.138. The molecule has 2 rings (SSSR count). The van der Waals surface area contributed by atoms with E-state index >= 15 is 0 Å². The molecule has 0 aliphatic carbocycles. The lowest BCUT2D eigenvalue weighted by Crippen LogP contribution is -2.34. The van der Waals surface area contributed by atoms with Crippen LogP contribution in [0, 0.1) is 5.92 Å². The van der Waals surface area contributed by atoms with Crippen LogP contribution in [0.25, 0.3) is 0 Å². The topological polar surface area (TPSA) is 62.7 Å². The number of carbonyl (C=O) groups is 1. The van der Waals surface area contributed by atoms with Crippen LogP contribution in [-0.4, -0.2) is 46.2 Å². The summed E-state index contributed by atoms with van der Waals surface area (Å²) in [5, 5.41) is 9.77. The van der Waals surface area contributed by atoms with Crippen molar-refractivity contribution in [1.82, 2.24) is 9.88 Å². The van der Waals surface area contributed by atoms with Gasteiger partial charge in [0, 0.05) is 25.2 Å². The third kappa shape index (κ3) is 4.83. The van der Waals surface area contributed by atoms with Gasteiger partial charge in [0.1, 0.15) is 6.10 Å². The first-order valence-corrected chi connectivity index (χ1v) is 7.82. The van der Waals surface area contributed by atoms with Gasteiger partial charge in [0.15, 0.2) is 0 Å². The summed E-state index contributed by atoms with van der Waals surface area (Å²) in [5.41, 5.74) is -0.833. The molecule has 24 heavy (non-hydrogen) atoms. The Bertz CT molecular complexity index is 561. The average Bonchev–Trinajstić information content (AvgIpc) is 2.95. The van der Waals surface area contributed by atoms with Crippen molar-refractivity contribution in [2.24, 2.45) is 5.92 Å². The third-order valence-electron chi connectivity index (χ3n) is 4.00. The fourth-order valence-corrected chi connectivity index (χ4v) is 2.38. The maximum Gasteiger partial charge on any atom is 0.417 e. The molecule has 2 atom stereocenters. The molecule has 2 heterocycles. The molecule has 0 unspecified atom stereocenters. The second-order valence-electron chi connectivity index (χ2n) is 6.27. The molecule has 8 heteroatoms. The summed E-state index contributed by atoms with van der Waals surface area (Å²) in [7, 11) is 0. The number of nitrogens with zero attached hydrogens (tertiary/aromatic N) is 2. The minimum atomic E-state index is -4.43. The Balaban J connectivity index is 1.86. The van der Waals surface area contributed by atoms with Crippen LogP contribution >= 0.6 is 0 Å². The molecular weight excluding hydrogens is 325 g/mol. The number of halogens is 3. The van der Waals surface area contributed by atoms with Gasteiger partial charge in [-0.15, -0.1) is 0 Å². The standard InChI is InChI=1S/C16H21F3N2O3/c1-10(2)13(22)7-15(23)21-6-5-12(9-21)24-14-4-3-11(8-20-14)16(17,18)19/h3-4,8,10,12-13,22H,5-7,9H2,1-2H3/t12-,13+/m0/s1. The van der Waals surface area contributed by atoms with E-state index in [-0.39, 0.29) is 30.2 Å². The normalized spacial score (nSPS) is 19.6. The van der Waals surface area contributed by atoms with E-state index in [1.807, 2.05) is 13.8 Å². The summed E-state index contributed by atoms with van der Waals surface area (Å²) in [6.45, 7) is 4.51. The molecule has 0 bridgehead atoms. The Kier molecular flexibility index (Phi) is 5.69. The zero-order chi connectivity index (χ0) is 17.9. The summed E-state index contributed by atoms with van der Waals surface area (Å²) >= 11 is 0. The number of carbonyl (C=O) groups excluding carboxylic acids is 1. The Labute approximate surface area is 138 Å². The van der Waals surface area contributed by atoms with Crippen LogP contribution in [0.1, 0.15) is 32.3 Å². The van der Waals surface area contributed by atoms with Crippen LogP contribution < -0.4 is 4.74 Å². The molecule has 1 aromatic heterocycles. The second kappa shape index (κ2) is 7.38. The van der Waals surface area contributed by atoms with Crippen molar-refractivity contribution in [2.45, 2.75) is 45.1 Å². The van der Waals surface area contributed by atoms with Crippen LogP contribution in [0.15, 0.2) is 18.3 Å². The van der Waals surface area contributed by atoms with Gasteiger partial charge >= 0.3 is 6.18 Å². The fraction of sp³-hybridized carbons (Fsp3) is 0.625. The minimum absolute atomic E-state index is 0.0000489. The quantitative estimate of drug-likeness (QED) is 0.890. The highest BCUT2D eigenvalue weighted by atomic mass is 19.4. The summed E-state index contributed by atoms with van der Waals surface area (Å²) in [6.07, 6.45) is -4.07. The molecule has 1 N–H and O–H groups in total. The number of aliphatic hydroxyl groups excluding tert-OH is 1. The molecule has 134 valence electrons. The van der Waals surface area contributed by atoms with Gasteiger partial charge in [-0.3, -0.25) is 4.79 Å². The van der Waals surface area contributed by atoms with Crippen molar-refractivity contribution in [3.05, 3.63) is 23.9 Å². The maximum absolute atomic E-state index is 12.5. The van der Waals surface area contributed by atoms with Crippen molar-refractivity contribution in [1.29, 1.82) is 0 Å². The Morgan fingerprint density at radius 3 is 2.71 bits per heavy atom. The number of amides is 1. The van der Waals surface area contributed by atoms with Crippen LogP contribution in [0.2, 0.25) is 0 Å². The Hall–Kier alpha value is -1.83. The zero-order valence-corrected chi connectivity index (χ0v) is 13.6. The summed E-state index contributed by atoms with van der Waals surface area (Å²) in [6, 6.07) is 2.09. The lowest BCUT2D eigenvalue weighted by atomic mass is 10.0. The van der Waals surface area contributed by atoms with E-state index < -0.39 is 17.8 Å². The van der Waals surface area contributed by atoms with Gasteiger partial charge in [-0.1, -0.05) is 13.8 Å². The largest absolute Gasteiger partial charge is 0.472 e. The van der Waals surface area contributed by atoms with Crippen molar-refractivity contribution in [3.63, 3.8) is 0 Å². The SMILES string of the molecule is CC(C)[C@H](O)CC(=O)N1CC[C@H](Oc2ccc(C(F)(F)F)cn2)C1. The number of pyridine rings is 1. The van der Waals surface area contributed by atoms with Crippen LogP contribution in [-0.2, 0) is 11.0 Å². The predicted molar refractivity (Wildman–Crippen MR) is 80.3 cm³/mol. The molecule has 1 amide bonds. The van der Waals surface area contributed by atoms with Gasteiger partial charge in [0.2, 0.25) is 11.8 Å². The summed E-state index contributed by atoms with van der Waals surface area (Å²) in [4.78, 5) is 17.3. The number of ether oxygens (including phenoxy) is 1. The van der Waals surface area contributed by atoms with Gasteiger partial charge < -0.3 is 14.7 Å². The molecule has 1 aliphatic rings. The molecule has 0 spiro atoms. The van der Waals surface area contributed by atoms with Crippen molar-refractivity contribution < 1.29 is 27.8 Å². The van der Waals surface area contributed by atoms with Gasteiger partial charge in [-0.2, -0.15) is 13.2 Å². The number of rotatable bonds is 5.